The van der Waals surface area contributed by atoms with Gasteiger partial charge >= 0.3 is 12.2 Å². The largest absolute Gasteiger partial charge is 0.445 e. The van der Waals surface area contributed by atoms with E-state index in [1.165, 1.54) is 0 Å². The molecular formula is C21H29N3O4. The first kappa shape index (κ1) is 21.5. The van der Waals surface area contributed by atoms with Crippen LogP contribution in [0.25, 0.3) is 0 Å². The first-order chi connectivity index (χ1) is 13.2. The van der Waals surface area contributed by atoms with E-state index in [1.54, 1.807) is 0 Å². The molecule has 0 unspecified atom stereocenters. The lowest BCUT2D eigenvalue weighted by atomic mass is 9.77. The van der Waals surface area contributed by atoms with Gasteiger partial charge in [0.2, 0.25) is 0 Å². The SMILES string of the molecule is CC(C)(C)OC(=O)NC1CCC(CC#N)(NC(=O)OCc2ccccc2)CC1. The molecule has 7 heteroatoms. The average molecular weight is 387 g/mol. The fraction of sp³-hybridized carbons (Fsp3) is 0.571. The van der Waals surface area contributed by atoms with E-state index >= 15 is 0 Å². The summed E-state index contributed by atoms with van der Waals surface area (Å²) >= 11 is 0. The maximum absolute atomic E-state index is 12.2. The maximum Gasteiger partial charge on any atom is 0.407 e. The lowest BCUT2D eigenvalue weighted by Gasteiger charge is -2.39. The number of nitriles is 1. The van der Waals surface area contributed by atoms with E-state index in [0.717, 1.165) is 5.56 Å². The molecule has 1 aliphatic carbocycles. The number of alkyl carbamates (subject to hydrolysis) is 2. The van der Waals surface area contributed by atoms with Crippen molar-refractivity contribution in [1.82, 2.24) is 10.6 Å². The molecule has 0 radical (unpaired) electrons. The molecule has 1 aromatic carbocycles. The van der Waals surface area contributed by atoms with Gasteiger partial charge in [0.15, 0.2) is 0 Å². The molecule has 0 aromatic heterocycles. The number of carbonyl (C=O) groups excluding carboxylic acids is 2. The first-order valence-corrected chi connectivity index (χ1v) is 9.57. The predicted molar refractivity (Wildman–Crippen MR) is 104 cm³/mol. The second-order valence-corrected chi connectivity index (χ2v) is 8.22. The molecule has 7 nitrogen and oxygen atoms in total. The van der Waals surface area contributed by atoms with Crippen molar-refractivity contribution >= 4 is 12.2 Å². The van der Waals surface area contributed by atoms with Gasteiger partial charge in [-0.25, -0.2) is 9.59 Å². The first-order valence-electron chi connectivity index (χ1n) is 9.57. The Morgan fingerprint density at radius 1 is 1.18 bits per heavy atom. The van der Waals surface area contributed by atoms with Crippen LogP contribution < -0.4 is 10.6 Å². The van der Waals surface area contributed by atoms with Gasteiger partial charge in [-0.05, 0) is 52.0 Å². The van der Waals surface area contributed by atoms with Crippen LogP contribution in [0.2, 0.25) is 0 Å². The van der Waals surface area contributed by atoms with Crippen molar-refractivity contribution in [3.05, 3.63) is 35.9 Å². The van der Waals surface area contributed by atoms with E-state index in [1.807, 2.05) is 51.1 Å². The van der Waals surface area contributed by atoms with Gasteiger partial charge in [0, 0.05) is 6.04 Å². The number of hydrogen-bond acceptors (Lipinski definition) is 5. The van der Waals surface area contributed by atoms with Crippen molar-refractivity contribution in [2.75, 3.05) is 0 Å². The van der Waals surface area contributed by atoms with E-state index in [4.69, 9.17) is 9.47 Å². The van der Waals surface area contributed by atoms with Crippen LogP contribution in [-0.2, 0) is 16.1 Å². The van der Waals surface area contributed by atoms with Crippen molar-refractivity contribution in [2.24, 2.45) is 0 Å². The number of carbonyl (C=O) groups is 2. The Kier molecular flexibility index (Phi) is 7.27. The van der Waals surface area contributed by atoms with Crippen LogP contribution in [0, 0.1) is 11.3 Å². The molecule has 1 saturated carbocycles. The summed E-state index contributed by atoms with van der Waals surface area (Å²) < 4.78 is 10.6. The molecule has 0 spiro atoms. The molecular weight excluding hydrogens is 358 g/mol. The summed E-state index contributed by atoms with van der Waals surface area (Å²) in [4.78, 5) is 24.2. The highest BCUT2D eigenvalue weighted by Gasteiger charge is 2.37. The summed E-state index contributed by atoms with van der Waals surface area (Å²) in [6.07, 6.45) is 1.70. The van der Waals surface area contributed by atoms with Gasteiger partial charge in [-0.2, -0.15) is 5.26 Å². The number of ether oxygens (including phenoxy) is 2. The number of hydrogen-bond donors (Lipinski definition) is 2. The zero-order valence-electron chi connectivity index (χ0n) is 16.8. The van der Waals surface area contributed by atoms with Crippen LogP contribution in [-0.4, -0.2) is 29.4 Å². The van der Waals surface area contributed by atoms with Crippen molar-refractivity contribution < 1.29 is 19.1 Å². The summed E-state index contributed by atoms with van der Waals surface area (Å²) in [7, 11) is 0. The highest BCUT2D eigenvalue weighted by atomic mass is 16.6. The monoisotopic (exact) mass is 387 g/mol. The molecule has 2 rings (SSSR count). The number of nitrogens with zero attached hydrogens (tertiary/aromatic N) is 1. The van der Waals surface area contributed by atoms with E-state index in [2.05, 4.69) is 16.7 Å². The van der Waals surface area contributed by atoms with Crippen LogP contribution >= 0.6 is 0 Å². The van der Waals surface area contributed by atoms with Crippen molar-refractivity contribution in [1.29, 1.82) is 5.26 Å². The molecule has 1 aromatic rings. The van der Waals surface area contributed by atoms with Crippen LogP contribution in [0.15, 0.2) is 30.3 Å². The van der Waals surface area contributed by atoms with E-state index < -0.39 is 23.3 Å². The van der Waals surface area contributed by atoms with Gasteiger partial charge in [0.1, 0.15) is 12.2 Å². The van der Waals surface area contributed by atoms with Crippen molar-refractivity contribution in [3.8, 4) is 6.07 Å². The Balaban J connectivity index is 1.85. The molecule has 28 heavy (non-hydrogen) atoms. The molecule has 1 fully saturated rings. The van der Waals surface area contributed by atoms with Gasteiger partial charge < -0.3 is 20.1 Å². The van der Waals surface area contributed by atoms with Crippen LogP contribution in [0.4, 0.5) is 9.59 Å². The minimum atomic E-state index is -0.630. The fourth-order valence-electron chi connectivity index (χ4n) is 3.26. The standard InChI is InChI=1S/C21H29N3O4/c1-20(2,3)28-18(25)23-17-9-11-21(12-10-17,13-14-22)24-19(26)27-15-16-7-5-4-6-8-16/h4-8,17H,9-13,15H2,1-3H3,(H,23,25)(H,24,26). The Bertz CT molecular complexity index is 699. The molecule has 2 amide bonds. The number of nitrogens with one attached hydrogen (secondary N) is 2. The summed E-state index contributed by atoms with van der Waals surface area (Å²) in [5.74, 6) is 0. The summed E-state index contributed by atoms with van der Waals surface area (Å²) in [5, 5.41) is 15.0. The fourth-order valence-corrected chi connectivity index (χ4v) is 3.26. The van der Waals surface area contributed by atoms with Gasteiger partial charge in [-0.3, -0.25) is 0 Å². The quantitative estimate of drug-likeness (QED) is 0.794. The zero-order valence-corrected chi connectivity index (χ0v) is 16.8. The zero-order chi connectivity index (χ0) is 20.6. The summed E-state index contributed by atoms with van der Waals surface area (Å²) in [6.45, 7) is 5.63. The third-order valence-corrected chi connectivity index (χ3v) is 4.66. The highest BCUT2D eigenvalue weighted by Crippen LogP contribution is 2.31. The molecule has 0 atom stereocenters. The third-order valence-electron chi connectivity index (χ3n) is 4.66. The van der Waals surface area contributed by atoms with Crippen LogP contribution in [0.5, 0.6) is 0 Å². The molecule has 0 bridgehead atoms. The number of amides is 2. The van der Waals surface area contributed by atoms with E-state index in [-0.39, 0.29) is 19.1 Å². The van der Waals surface area contributed by atoms with Crippen LogP contribution in [0.3, 0.4) is 0 Å². The lowest BCUT2D eigenvalue weighted by molar-refractivity contribution is 0.0475. The normalized spacial score (nSPS) is 21.9. The van der Waals surface area contributed by atoms with Crippen molar-refractivity contribution in [2.45, 2.75) is 76.7 Å². The van der Waals surface area contributed by atoms with E-state index in [0.29, 0.717) is 25.7 Å². The number of benzene rings is 1. The average Bonchev–Trinajstić information content (AvgIpc) is 2.62. The number of rotatable bonds is 5. The van der Waals surface area contributed by atoms with Gasteiger partial charge in [0.05, 0.1) is 18.0 Å². The second kappa shape index (κ2) is 9.45. The Morgan fingerprint density at radius 2 is 1.82 bits per heavy atom. The third kappa shape index (κ3) is 7.10. The molecule has 152 valence electrons. The smallest absolute Gasteiger partial charge is 0.407 e. The Labute approximate surface area is 166 Å². The minimum absolute atomic E-state index is 0.0381. The van der Waals surface area contributed by atoms with Gasteiger partial charge in [-0.1, -0.05) is 30.3 Å². The Hall–Kier alpha value is -2.75. The van der Waals surface area contributed by atoms with Gasteiger partial charge in [0.25, 0.3) is 0 Å². The molecule has 0 aliphatic heterocycles. The Morgan fingerprint density at radius 3 is 2.39 bits per heavy atom. The summed E-state index contributed by atoms with van der Waals surface area (Å²) in [6, 6.07) is 11.5. The molecule has 1 aliphatic rings. The topological polar surface area (TPSA) is 100 Å². The summed E-state index contributed by atoms with van der Waals surface area (Å²) in [5.41, 5.74) is -0.278. The second-order valence-electron chi connectivity index (χ2n) is 8.22. The van der Waals surface area contributed by atoms with Crippen LogP contribution in [0.1, 0.15) is 58.4 Å². The predicted octanol–water partition coefficient (Wildman–Crippen LogP) is 4.03. The lowest BCUT2D eigenvalue weighted by Crippen LogP contribution is -2.53. The maximum atomic E-state index is 12.2. The molecule has 0 heterocycles. The van der Waals surface area contributed by atoms with E-state index in [9.17, 15) is 14.9 Å². The molecule has 2 N–H and O–H groups in total. The molecule has 0 saturated heterocycles. The van der Waals surface area contributed by atoms with Gasteiger partial charge in [-0.15, -0.1) is 0 Å². The highest BCUT2D eigenvalue weighted by molar-refractivity contribution is 5.69. The van der Waals surface area contributed by atoms with Crippen molar-refractivity contribution in [3.63, 3.8) is 0 Å². The minimum Gasteiger partial charge on any atom is -0.445 e.